The monoisotopic (exact) mass is 220 g/mol. The molecule has 0 bridgehead atoms. The lowest BCUT2D eigenvalue weighted by molar-refractivity contribution is 0.802. The molecule has 0 aromatic carbocycles. The zero-order chi connectivity index (χ0) is 12.0. The Hall–Kier alpha value is -1.87. The zero-order valence-electron chi connectivity index (χ0n) is 9.56. The maximum absolute atomic E-state index is 8.57. The highest BCUT2D eigenvalue weighted by Crippen LogP contribution is 2.15. The molecule has 0 radical (unpaired) electrons. The van der Waals surface area contributed by atoms with Gasteiger partial charge in [0.05, 0.1) is 12.5 Å². The van der Waals surface area contributed by atoms with Crippen LogP contribution in [0, 0.1) is 18.3 Å². The number of rotatable bonds is 5. The Morgan fingerprint density at radius 3 is 2.88 bits per heavy atom. The third kappa shape index (κ3) is 3.07. The second-order valence-electron chi connectivity index (χ2n) is 3.29. The van der Waals surface area contributed by atoms with Crippen LogP contribution in [0.5, 0.6) is 0 Å². The Morgan fingerprint density at radius 2 is 2.31 bits per heavy atom. The van der Waals surface area contributed by atoms with Gasteiger partial charge in [-0.1, -0.05) is 0 Å². The number of nitrogens with zero attached hydrogens (tertiary/aromatic N) is 4. The average molecular weight is 220 g/mol. The van der Waals surface area contributed by atoms with Crippen LogP contribution >= 0.6 is 0 Å². The third-order valence-corrected chi connectivity index (χ3v) is 2.17. The lowest BCUT2D eigenvalue weighted by Crippen LogP contribution is -2.25. The summed E-state index contributed by atoms with van der Waals surface area (Å²) in [5.74, 6) is 7.34. The zero-order valence-corrected chi connectivity index (χ0v) is 9.56. The molecular formula is C10H16N6. The number of nitrogens with two attached hydrogens (primary N) is 1. The molecule has 0 amide bonds. The van der Waals surface area contributed by atoms with Crippen LogP contribution < -0.4 is 16.2 Å². The summed E-state index contributed by atoms with van der Waals surface area (Å²) in [4.78, 5) is 10.4. The minimum atomic E-state index is 0.474. The van der Waals surface area contributed by atoms with Crippen molar-refractivity contribution in [1.82, 2.24) is 9.97 Å². The van der Waals surface area contributed by atoms with E-state index in [9.17, 15) is 0 Å². The fourth-order valence-electron chi connectivity index (χ4n) is 1.41. The first-order valence-corrected chi connectivity index (χ1v) is 5.15. The van der Waals surface area contributed by atoms with Crippen molar-refractivity contribution in [2.24, 2.45) is 5.84 Å². The predicted octanol–water partition coefficient (Wildman–Crippen LogP) is 0.811. The molecule has 0 saturated heterocycles. The molecule has 1 heterocycles. The summed E-state index contributed by atoms with van der Waals surface area (Å²) in [5, 5.41) is 8.57. The van der Waals surface area contributed by atoms with Crippen molar-refractivity contribution in [3.63, 3.8) is 0 Å². The summed E-state index contributed by atoms with van der Waals surface area (Å²) >= 11 is 0. The van der Waals surface area contributed by atoms with E-state index < -0.39 is 0 Å². The van der Waals surface area contributed by atoms with Crippen LogP contribution in [-0.2, 0) is 0 Å². The first kappa shape index (κ1) is 12.2. The van der Waals surface area contributed by atoms with Gasteiger partial charge in [-0.05, 0) is 13.8 Å². The Bertz CT molecular complexity index is 383. The summed E-state index contributed by atoms with van der Waals surface area (Å²) in [6.45, 7) is 5.28. The molecule has 0 fully saturated rings. The number of hydrogen-bond acceptors (Lipinski definition) is 6. The Morgan fingerprint density at radius 1 is 1.56 bits per heavy atom. The van der Waals surface area contributed by atoms with Crippen LogP contribution in [0.1, 0.15) is 19.2 Å². The number of nitrogens with one attached hydrogen (secondary N) is 1. The molecule has 0 aliphatic rings. The van der Waals surface area contributed by atoms with E-state index in [-0.39, 0.29) is 0 Å². The standard InChI is InChI=1S/C10H16N6/c1-3-16(6-4-5-11)10-7-9(15-12)13-8(2)14-10/h7H,3-4,6,12H2,1-2H3,(H,13,14,15). The largest absolute Gasteiger partial charge is 0.356 e. The van der Waals surface area contributed by atoms with E-state index in [1.165, 1.54) is 0 Å². The van der Waals surface area contributed by atoms with Crippen molar-refractivity contribution < 1.29 is 0 Å². The van der Waals surface area contributed by atoms with Crippen LogP contribution in [0.2, 0.25) is 0 Å². The van der Waals surface area contributed by atoms with Gasteiger partial charge in [-0.25, -0.2) is 15.8 Å². The van der Waals surface area contributed by atoms with Crippen molar-refractivity contribution in [2.45, 2.75) is 20.3 Å². The SMILES string of the molecule is CCN(CCC#N)c1cc(NN)nc(C)n1. The molecule has 0 unspecified atom stereocenters. The van der Waals surface area contributed by atoms with Gasteiger partial charge in [-0.2, -0.15) is 5.26 Å². The smallest absolute Gasteiger partial charge is 0.145 e. The van der Waals surface area contributed by atoms with E-state index in [1.54, 1.807) is 6.07 Å². The minimum absolute atomic E-state index is 0.474. The molecule has 1 aromatic rings. The molecule has 0 aliphatic heterocycles. The first-order valence-electron chi connectivity index (χ1n) is 5.15. The molecule has 0 saturated carbocycles. The number of aromatic nitrogens is 2. The summed E-state index contributed by atoms with van der Waals surface area (Å²) in [6.07, 6.45) is 0.474. The molecule has 6 heteroatoms. The van der Waals surface area contributed by atoms with E-state index in [4.69, 9.17) is 11.1 Å². The number of nitrogen functional groups attached to an aromatic ring is 1. The average Bonchev–Trinajstić information content (AvgIpc) is 2.29. The minimum Gasteiger partial charge on any atom is -0.356 e. The summed E-state index contributed by atoms with van der Waals surface area (Å²) in [6, 6.07) is 3.89. The molecule has 16 heavy (non-hydrogen) atoms. The van der Waals surface area contributed by atoms with E-state index in [0.717, 1.165) is 12.4 Å². The highest BCUT2D eigenvalue weighted by Gasteiger charge is 2.08. The molecule has 86 valence electrons. The van der Waals surface area contributed by atoms with Gasteiger partial charge >= 0.3 is 0 Å². The maximum Gasteiger partial charge on any atom is 0.145 e. The highest BCUT2D eigenvalue weighted by molar-refractivity contribution is 5.48. The molecule has 1 aromatic heterocycles. The van der Waals surface area contributed by atoms with Crippen molar-refractivity contribution in [3.8, 4) is 6.07 Å². The summed E-state index contributed by atoms with van der Waals surface area (Å²) in [7, 11) is 0. The Balaban J connectivity index is 2.91. The normalized spacial score (nSPS) is 9.62. The second kappa shape index (κ2) is 5.88. The number of hydrogen-bond donors (Lipinski definition) is 2. The van der Waals surface area contributed by atoms with Gasteiger partial charge < -0.3 is 10.3 Å². The lowest BCUT2D eigenvalue weighted by atomic mass is 10.3. The number of nitriles is 1. The van der Waals surface area contributed by atoms with Gasteiger partial charge in [0.15, 0.2) is 0 Å². The molecular weight excluding hydrogens is 204 g/mol. The van der Waals surface area contributed by atoms with E-state index in [2.05, 4.69) is 21.5 Å². The number of anilines is 2. The topological polar surface area (TPSA) is 90.9 Å². The summed E-state index contributed by atoms with van der Waals surface area (Å²) in [5.41, 5.74) is 2.50. The molecule has 0 atom stereocenters. The van der Waals surface area contributed by atoms with Gasteiger partial charge in [-0.15, -0.1) is 0 Å². The summed E-state index contributed by atoms with van der Waals surface area (Å²) < 4.78 is 0. The molecule has 0 aliphatic carbocycles. The van der Waals surface area contributed by atoms with Crippen molar-refractivity contribution in [2.75, 3.05) is 23.4 Å². The molecule has 1 rings (SSSR count). The lowest BCUT2D eigenvalue weighted by Gasteiger charge is -2.21. The molecule has 0 spiro atoms. The van der Waals surface area contributed by atoms with E-state index >= 15 is 0 Å². The Kier molecular flexibility index (Phi) is 4.48. The number of aryl methyl sites for hydroxylation is 1. The highest BCUT2D eigenvalue weighted by atomic mass is 15.3. The van der Waals surface area contributed by atoms with Crippen molar-refractivity contribution in [1.29, 1.82) is 5.26 Å². The van der Waals surface area contributed by atoms with Crippen LogP contribution in [0.25, 0.3) is 0 Å². The third-order valence-electron chi connectivity index (χ3n) is 2.17. The van der Waals surface area contributed by atoms with Crippen LogP contribution in [0.4, 0.5) is 11.6 Å². The van der Waals surface area contributed by atoms with Crippen LogP contribution in [0.15, 0.2) is 6.07 Å². The number of hydrazine groups is 1. The Labute approximate surface area is 95.1 Å². The fraction of sp³-hybridized carbons (Fsp3) is 0.500. The van der Waals surface area contributed by atoms with E-state index in [0.29, 0.717) is 24.6 Å². The van der Waals surface area contributed by atoms with Crippen molar-refractivity contribution >= 4 is 11.6 Å². The predicted molar refractivity (Wildman–Crippen MR) is 62.7 cm³/mol. The second-order valence-corrected chi connectivity index (χ2v) is 3.29. The maximum atomic E-state index is 8.57. The van der Waals surface area contributed by atoms with Gasteiger partial charge in [0.2, 0.25) is 0 Å². The van der Waals surface area contributed by atoms with Crippen LogP contribution in [-0.4, -0.2) is 23.1 Å². The van der Waals surface area contributed by atoms with Crippen LogP contribution in [0.3, 0.4) is 0 Å². The van der Waals surface area contributed by atoms with Crippen molar-refractivity contribution in [3.05, 3.63) is 11.9 Å². The fourth-order valence-corrected chi connectivity index (χ4v) is 1.41. The molecule has 6 nitrogen and oxygen atoms in total. The van der Waals surface area contributed by atoms with Gasteiger partial charge in [0, 0.05) is 19.2 Å². The van der Waals surface area contributed by atoms with Gasteiger partial charge in [-0.3, -0.25) is 0 Å². The van der Waals surface area contributed by atoms with Gasteiger partial charge in [0.25, 0.3) is 0 Å². The van der Waals surface area contributed by atoms with Gasteiger partial charge in [0.1, 0.15) is 17.5 Å². The first-order chi connectivity index (χ1) is 7.71. The quantitative estimate of drug-likeness (QED) is 0.563. The van der Waals surface area contributed by atoms with E-state index in [1.807, 2.05) is 18.7 Å². The molecule has 3 N–H and O–H groups in total.